The van der Waals surface area contributed by atoms with Crippen molar-refractivity contribution in [2.24, 2.45) is 5.73 Å². The number of benzene rings is 1. The van der Waals surface area contributed by atoms with Crippen LogP contribution in [-0.4, -0.2) is 25.4 Å². The van der Waals surface area contributed by atoms with E-state index < -0.39 is 11.9 Å². The number of methoxy groups -OCH3 is 1. The third-order valence-electron chi connectivity index (χ3n) is 2.77. The van der Waals surface area contributed by atoms with Gasteiger partial charge in [-0.3, -0.25) is 9.59 Å². The molecule has 1 unspecified atom stereocenters. The first-order valence-electron chi connectivity index (χ1n) is 6.06. The number of hydrogen-bond donors (Lipinski definition) is 1. The first kappa shape index (κ1) is 14.4. The van der Waals surface area contributed by atoms with Crippen LogP contribution in [0.1, 0.15) is 30.7 Å². The Morgan fingerprint density at radius 2 is 1.89 bits per heavy atom. The monoisotopic (exact) mass is 249 g/mol. The van der Waals surface area contributed by atoms with E-state index in [0.29, 0.717) is 24.9 Å². The lowest BCUT2D eigenvalue weighted by atomic mass is 9.92. The average Bonchev–Trinajstić information content (AvgIpc) is 2.40. The summed E-state index contributed by atoms with van der Waals surface area (Å²) in [4.78, 5) is 23.8. The maximum atomic E-state index is 12.1. The standard InChI is InChI=1S/C14H19NO3/c1-18-14(17)13(11-7-3-2-4-8-11)12(16)9-5-6-10-15/h2-4,7-8,13H,5-6,9-10,15H2,1H3. The Hall–Kier alpha value is -1.68. The van der Waals surface area contributed by atoms with E-state index in [2.05, 4.69) is 0 Å². The lowest BCUT2D eigenvalue weighted by Crippen LogP contribution is -2.23. The van der Waals surface area contributed by atoms with Crippen LogP contribution in [0.2, 0.25) is 0 Å². The summed E-state index contributed by atoms with van der Waals surface area (Å²) in [6, 6.07) is 8.98. The molecular formula is C14H19NO3. The fourth-order valence-corrected chi connectivity index (χ4v) is 1.80. The molecule has 0 saturated heterocycles. The third-order valence-corrected chi connectivity index (χ3v) is 2.77. The highest BCUT2D eigenvalue weighted by molar-refractivity contribution is 6.04. The number of ketones is 1. The lowest BCUT2D eigenvalue weighted by Gasteiger charge is -2.13. The zero-order valence-electron chi connectivity index (χ0n) is 10.6. The van der Waals surface area contributed by atoms with E-state index in [9.17, 15) is 9.59 Å². The summed E-state index contributed by atoms with van der Waals surface area (Å²) in [7, 11) is 1.30. The zero-order valence-corrected chi connectivity index (χ0v) is 10.6. The van der Waals surface area contributed by atoms with Crippen LogP contribution >= 0.6 is 0 Å². The molecule has 0 heterocycles. The minimum atomic E-state index is -0.811. The minimum Gasteiger partial charge on any atom is -0.468 e. The van der Waals surface area contributed by atoms with Crippen molar-refractivity contribution in [3.63, 3.8) is 0 Å². The Morgan fingerprint density at radius 3 is 2.44 bits per heavy atom. The van der Waals surface area contributed by atoms with Crippen molar-refractivity contribution >= 4 is 11.8 Å². The van der Waals surface area contributed by atoms with Crippen molar-refractivity contribution in [1.29, 1.82) is 0 Å². The molecule has 0 aliphatic carbocycles. The molecule has 0 aliphatic heterocycles. The topological polar surface area (TPSA) is 69.4 Å². The molecule has 0 aromatic heterocycles. The molecule has 0 saturated carbocycles. The summed E-state index contributed by atoms with van der Waals surface area (Å²) in [5.74, 6) is -1.42. The summed E-state index contributed by atoms with van der Waals surface area (Å²) in [5, 5.41) is 0. The van der Waals surface area contributed by atoms with Crippen LogP contribution in [0.3, 0.4) is 0 Å². The Morgan fingerprint density at radius 1 is 1.22 bits per heavy atom. The van der Waals surface area contributed by atoms with Gasteiger partial charge in [-0.25, -0.2) is 0 Å². The van der Waals surface area contributed by atoms with Gasteiger partial charge in [0.1, 0.15) is 5.92 Å². The molecule has 0 bridgehead atoms. The quantitative estimate of drug-likeness (QED) is 0.453. The Labute approximate surface area is 107 Å². The van der Waals surface area contributed by atoms with Crippen molar-refractivity contribution in [3.05, 3.63) is 35.9 Å². The van der Waals surface area contributed by atoms with E-state index >= 15 is 0 Å². The molecule has 18 heavy (non-hydrogen) atoms. The molecule has 1 atom stereocenters. The number of Topliss-reactive ketones (excluding diaryl/α,β-unsaturated/α-hetero) is 1. The molecule has 0 radical (unpaired) electrons. The molecule has 0 aliphatic rings. The van der Waals surface area contributed by atoms with Gasteiger partial charge in [-0.05, 0) is 24.9 Å². The van der Waals surface area contributed by atoms with Crippen molar-refractivity contribution in [1.82, 2.24) is 0 Å². The van der Waals surface area contributed by atoms with Gasteiger partial charge in [-0.2, -0.15) is 0 Å². The summed E-state index contributed by atoms with van der Waals surface area (Å²) in [6.45, 7) is 0.557. The molecule has 4 nitrogen and oxygen atoms in total. The molecule has 0 fully saturated rings. The van der Waals surface area contributed by atoms with Gasteiger partial charge in [0.05, 0.1) is 7.11 Å². The highest BCUT2D eigenvalue weighted by Gasteiger charge is 2.28. The molecule has 2 N–H and O–H groups in total. The highest BCUT2D eigenvalue weighted by atomic mass is 16.5. The maximum absolute atomic E-state index is 12.1. The van der Waals surface area contributed by atoms with E-state index in [1.807, 2.05) is 6.07 Å². The number of esters is 1. The van der Waals surface area contributed by atoms with Crippen LogP contribution in [0.5, 0.6) is 0 Å². The normalized spacial score (nSPS) is 11.9. The predicted molar refractivity (Wildman–Crippen MR) is 69.1 cm³/mol. The molecular weight excluding hydrogens is 230 g/mol. The van der Waals surface area contributed by atoms with Crippen LogP contribution in [0.4, 0.5) is 0 Å². The first-order chi connectivity index (χ1) is 8.70. The predicted octanol–water partition coefficient (Wildman–Crippen LogP) is 1.64. The number of rotatable bonds is 7. The second-order valence-corrected chi connectivity index (χ2v) is 4.08. The first-order valence-corrected chi connectivity index (χ1v) is 6.06. The molecule has 1 aromatic rings. The summed E-state index contributed by atoms with van der Waals surface area (Å²) in [5.41, 5.74) is 6.07. The summed E-state index contributed by atoms with van der Waals surface area (Å²) >= 11 is 0. The van der Waals surface area contributed by atoms with Gasteiger partial charge < -0.3 is 10.5 Å². The van der Waals surface area contributed by atoms with Crippen LogP contribution in [-0.2, 0) is 14.3 Å². The zero-order chi connectivity index (χ0) is 13.4. The van der Waals surface area contributed by atoms with Gasteiger partial charge in [0.15, 0.2) is 5.78 Å². The van der Waals surface area contributed by atoms with Gasteiger partial charge in [0, 0.05) is 6.42 Å². The van der Waals surface area contributed by atoms with Gasteiger partial charge in [-0.1, -0.05) is 30.3 Å². The van der Waals surface area contributed by atoms with E-state index in [1.165, 1.54) is 7.11 Å². The number of unbranched alkanes of at least 4 members (excludes halogenated alkanes) is 1. The molecule has 1 rings (SSSR count). The Balaban J connectivity index is 2.79. The number of carbonyl (C=O) groups is 2. The van der Waals surface area contributed by atoms with Gasteiger partial charge in [-0.15, -0.1) is 0 Å². The van der Waals surface area contributed by atoms with Crippen LogP contribution in [0, 0.1) is 0 Å². The number of carbonyl (C=O) groups excluding carboxylic acids is 2. The molecule has 98 valence electrons. The van der Waals surface area contributed by atoms with E-state index in [4.69, 9.17) is 10.5 Å². The fraction of sp³-hybridized carbons (Fsp3) is 0.429. The van der Waals surface area contributed by atoms with Crippen molar-refractivity contribution in [2.45, 2.75) is 25.2 Å². The molecule has 1 aromatic carbocycles. The highest BCUT2D eigenvalue weighted by Crippen LogP contribution is 2.20. The average molecular weight is 249 g/mol. The van der Waals surface area contributed by atoms with E-state index in [0.717, 1.165) is 6.42 Å². The van der Waals surface area contributed by atoms with E-state index in [-0.39, 0.29) is 5.78 Å². The molecule has 0 amide bonds. The fourth-order valence-electron chi connectivity index (χ4n) is 1.80. The Bertz CT molecular complexity index is 389. The smallest absolute Gasteiger partial charge is 0.320 e. The number of hydrogen-bond acceptors (Lipinski definition) is 4. The van der Waals surface area contributed by atoms with Crippen molar-refractivity contribution in [2.75, 3.05) is 13.7 Å². The summed E-state index contributed by atoms with van der Waals surface area (Å²) < 4.78 is 4.71. The van der Waals surface area contributed by atoms with Gasteiger partial charge in [0.25, 0.3) is 0 Å². The SMILES string of the molecule is COC(=O)C(C(=O)CCCCN)c1ccccc1. The third kappa shape index (κ3) is 3.96. The largest absolute Gasteiger partial charge is 0.468 e. The van der Waals surface area contributed by atoms with Crippen LogP contribution in [0.25, 0.3) is 0 Å². The number of ether oxygens (including phenoxy) is 1. The van der Waals surface area contributed by atoms with Gasteiger partial charge in [0.2, 0.25) is 0 Å². The van der Waals surface area contributed by atoms with Crippen LogP contribution in [0.15, 0.2) is 30.3 Å². The molecule has 0 spiro atoms. The van der Waals surface area contributed by atoms with Gasteiger partial charge >= 0.3 is 5.97 Å². The minimum absolute atomic E-state index is 0.110. The van der Waals surface area contributed by atoms with E-state index in [1.54, 1.807) is 24.3 Å². The maximum Gasteiger partial charge on any atom is 0.320 e. The van der Waals surface area contributed by atoms with Crippen molar-refractivity contribution in [3.8, 4) is 0 Å². The second kappa shape index (κ2) is 7.61. The van der Waals surface area contributed by atoms with Crippen LogP contribution < -0.4 is 5.73 Å². The number of nitrogens with two attached hydrogens (primary N) is 1. The summed E-state index contributed by atoms with van der Waals surface area (Å²) in [6.07, 6.45) is 1.84. The molecule has 4 heteroatoms. The second-order valence-electron chi connectivity index (χ2n) is 4.08. The van der Waals surface area contributed by atoms with Crippen molar-refractivity contribution < 1.29 is 14.3 Å². The lowest BCUT2D eigenvalue weighted by molar-refractivity contribution is -0.145. The Kier molecular flexibility index (Phi) is 6.08.